The van der Waals surface area contributed by atoms with Gasteiger partial charge in [0.15, 0.2) is 0 Å². The van der Waals surface area contributed by atoms with E-state index in [9.17, 15) is 9.18 Å². The van der Waals surface area contributed by atoms with Gasteiger partial charge >= 0.3 is 0 Å². The lowest BCUT2D eigenvalue weighted by atomic mass is 9.73. The van der Waals surface area contributed by atoms with Crippen molar-refractivity contribution in [3.63, 3.8) is 0 Å². The number of piperidine rings is 1. The van der Waals surface area contributed by atoms with Gasteiger partial charge in [-0.15, -0.1) is 0 Å². The van der Waals surface area contributed by atoms with E-state index < -0.39 is 0 Å². The van der Waals surface area contributed by atoms with Gasteiger partial charge in [0, 0.05) is 32.7 Å². The lowest BCUT2D eigenvalue weighted by Gasteiger charge is -2.45. The molecular formula is C30H41FN2O2. The number of rotatable bonds is 4. The van der Waals surface area contributed by atoms with Crippen LogP contribution in [0.2, 0.25) is 0 Å². The monoisotopic (exact) mass is 480 g/mol. The topological polar surface area (TPSA) is 32.8 Å². The Balaban J connectivity index is 1.42. The number of benzene rings is 2. The van der Waals surface area contributed by atoms with Gasteiger partial charge < -0.3 is 9.64 Å². The molecule has 35 heavy (non-hydrogen) atoms. The van der Waals surface area contributed by atoms with Gasteiger partial charge in [-0.1, -0.05) is 50.6 Å². The number of ether oxygens (including phenoxy) is 1. The first-order valence-corrected chi connectivity index (χ1v) is 13.4. The van der Waals surface area contributed by atoms with E-state index in [1.165, 1.54) is 37.0 Å². The first-order chi connectivity index (χ1) is 16.9. The highest BCUT2D eigenvalue weighted by Gasteiger charge is 2.37. The molecule has 0 atom stereocenters. The van der Waals surface area contributed by atoms with Gasteiger partial charge in [-0.25, -0.2) is 4.39 Å². The van der Waals surface area contributed by atoms with Crippen molar-refractivity contribution in [2.45, 2.75) is 58.8 Å². The number of carbonyl (C=O) groups is 1. The molecule has 0 aliphatic carbocycles. The van der Waals surface area contributed by atoms with Crippen LogP contribution in [0.5, 0.6) is 5.75 Å². The fourth-order valence-corrected chi connectivity index (χ4v) is 5.78. The summed E-state index contributed by atoms with van der Waals surface area (Å²) in [5.41, 5.74) is 2.45. The average Bonchev–Trinajstić information content (AvgIpc) is 2.83. The van der Waals surface area contributed by atoms with E-state index in [-0.39, 0.29) is 17.1 Å². The molecule has 4 rings (SSSR count). The number of aryl methyl sites for hydroxylation is 1. The van der Waals surface area contributed by atoms with E-state index in [0.29, 0.717) is 18.9 Å². The highest BCUT2D eigenvalue weighted by atomic mass is 19.1. The van der Waals surface area contributed by atoms with Gasteiger partial charge in [-0.05, 0) is 72.8 Å². The molecule has 190 valence electrons. The summed E-state index contributed by atoms with van der Waals surface area (Å²) < 4.78 is 19.5. The SMILES string of the molecule is CC(C)CN1CCOc2ccccc2CCCCC2(CCN(C(=O)Cc3ccc(F)cc3)CC2)C1. The van der Waals surface area contributed by atoms with Crippen LogP contribution in [0.3, 0.4) is 0 Å². The fraction of sp³-hybridized carbons (Fsp3) is 0.567. The number of nitrogens with zero attached hydrogens (tertiary/aromatic N) is 2. The molecule has 1 fully saturated rings. The van der Waals surface area contributed by atoms with Gasteiger partial charge in [-0.3, -0.25) is 9.69 Å². The van der Waals surface area contributed by atoms with E-state index in [1.807, 2.05) is 4.90 Å². The molecule has 1 spiro atoms. The summed E-state index contributed by atoms with van der Waals surface area (Å²) in [6.45, 7) is 9.99. The largest absolute Gasteiger partial charge is 0.492 e. The normalized spacial score (nSPS) is 19.5. The summed E-state index contributed by atoms with van der Waals surface area (Å²) in [6.07, 6.45) is 7.09. The molecule has 0 aromatic heterocycles. The molecule has 2 aliphatic rings. The summed E-state index contributed by atoms with van der Waals surface area (Å²) in [7, 11) is 0. The quantitative estimate of drug-likeness (QED) is 0.559. The van der Waals surface area contributed by atoms with E-state index in [4.69, 9.17) is 4.74 Å². The van der Waals surface area contributed by atoms with Crippen LogP contribution in [0.4, 0.5) is 4.39 Å². The zero-order chi connectivity index (χ0) is 24.7. The predicted octanol–water partition coefficient (Wildman–Crippen LogP) is 5.74. The molecule has 5 heteroatoms. The second-order valence-electron chi connectivity index (χ2n) is 11.0. The molecule has 1 saturated heterocycles. The van der Waals surface area contributed by atoms with Crippen LogP contribution in [0, 0.1) is 17.2 Å². The van der Waals surface area contributed by atoms with Crippen molar-refractivity contribution < 1.29 is 13.9 Å². The van der Waals surface area contributed by atoms with Crippen LogP contribution < -0.4 is 4.74 Å². The summed E-state index contributed by atoms with van der Waals surface area (Å²) in [5.74, 6) is 1.54. The molecule has 0 saturated carbocycles. The van der Waals surface area contributed by atoms with Crippen LogP contribution in [-0.2, 0) is 17.6 Å². The number of halogens is 1. The van der Waals surface area contributed by atoms with Gasteiger partial charge in [0.05, 0.1) is 6.42 Å². The zero-order valence-electron chi connectivity index (χ0n) is 21.5. The van der Waals surface area contributed by atoms with E-state index in [0.717, 1.165) is 63.3 Å². The van der Waals surface area contributed by atoms with Gasteiger partial charge in [0.25, 0.3) is 0 Å². The molecule has 0 radical (unpaired) electrons. The third-order valence-electron chi connectivity index (χ3n) is 7.67. The van der Waals surface area contributed by atoms with Crippen LogP contribution in [0.1, 0.15) is 57.1 Å². The summed E-state index contributed by atoms with van der Waals surface area (Å²) in [4.78, 5) is 17.6. The van der Waals surface area contributed by atoms with Crippen molar-refractivity contribution in [3.8, 4) is 5.75 Å². The van der Waals surface area contributed by atoms with E-state index in [1.54, 1.807) is 12.1 Å². The van der Waals surface area contributed by atoms with Crippen LogP contribution in [0.25, 0.3) is 0 Å². The Labute approximate surface area is 210 Å². The van der Waals surface area contributed by atoms with Crippen molar-refractivity contribution in [2.24, 2.45) is 11.3 Å². The van der Waals surface area contributed by atoms with Gasteiger partial charge in [0.1, 0.15) is 18.2 Å². The number of para-hydroxylation sites is 1. The zero-order valence-corrected chi connectivity index (χ0v) is 21.5. The number of carbonyl (C=O) groups excluding carboxylic acids is 1. The maximum atomic E-state index is 13.2. The molecule has 2 aromatic carbocycles. The maximum Gasteiger partial charge on any atom is 0.226 e. The number of hydrogen-bond donors (Lipinski definition) is 0. The highest BCUT2D eigenvalue weighted by Crippen LogP contribution is 2.38. The number of fused-ring (bicyclic) bond motifs is 1. The number of amides is 1. The third kappa shape index (κ3) is 7.30. The minimum atomic E-state index is -0.261. The Bertz CT molecular complexity index is 951. The molecule has 0 bridgehead atoms. The van der Waals surface area contributed by atoms with Gasteiger partial charge in [-0.2, -0.15) is 0 Å². The molecule has 1 amide bonds. The Hall–Kier alpha value is -2.40. The second-order valence-corrected chi connectivity index (χ2v) is 11.0. The molecular weight excluding hydrogens is 439 g/mol. The lowest BCUT2D eigenvalue weighted by Crippen LogP contribution is -2.49. The average molecular weight is 481 g/mol. The first-order valence-electron chi connectivity index (χ1n) is 13.4. The first kappa shape index (κ1) is 25.7. The van der Waals surface area contributed by atoms with Crippen molar-refractivity contribution in [3.05, 3.63) is 65.5 Å². The Morgan fingerprint density at radius 1 is 1.00 bits per heavy atom. The molecule has 2 aromatic rings. The predicted molar refractivity (Wildman–Crippen MR) is 139 cm³/mol. The van der Waals surface area contributed by atoms with Crippen molar-refractivity contribution in [1.29, 1.82) is 0 Å². The molecule has 0 unspecified atom stereocenters. The Morgan fingerprint density at radius 2 is 1.74 bits per heavy atom. The van der Waals surface area contributed by atoms with Crippen LogP contribution >= 0.6 is 0 Å². The molecule has 2 heterocycles. The lowest BCUT2D eigenvalue weighted by molar-refractivity contribution is -0.133. The van der Waals surface area contributed by atoms with Gasteiger partial charge in [0.2, 0.25) is 5.91 Å². The number of likely N-dealkylation sites (tertiary alicyclic amines) is 1. The standard InChI is InChI=1S/C30H41FN2O2/c1-24(2)22-32-19-20-35-28-9-4-3-7-26(28)8-5-6-14-30(23-32)15-17-33(18-16-30)29(34)21-25-10-12-27(31)13-11-25/h3-4,7,9-13,24H,5-6,8,14-23H2,1-2H3. The minimum Gasteiger partial charge on any atom is -0.492 e. The van der Waals surface area contributed by atoms with Crippen molar-refractivity contribution in [1.82, 2.24) is 9.80 Å². The molecule has 4 nitrogen and oxygen atoms in total. The fourth-order valence-electron chi connectivity index (χ4n) is 5.78. The molecule has 2 aliphatic heterocycles. The van der Waals surface area contributed by atoms with E-state index in [2.05, 4.69) is 43.0 Å². The third-order valence-corrected chi connectivity index (χ3v) is 7.67. The minimum absolute atomic E-state index is 0.156. The maximum absolute atomic E-state index is 13.2. The highest BCUT2D eigenvalue weighted by molar-refractivity contribution is 5.78. The molecule has 0 N–H and O–H groups in total. The Morgan fingerprint density at radius 3 is 2.49 bits per heavy atom. The summed E-state index contributed by atoms with van der Waals surface area (Å²) in [5, 5.41) is 0. The summed E-state index contributed by atoms with van der Waals surface area (Å²) >= 11 is 0. The van der Waals surface area contributed by atoms with Crippen LogP contribution in [-0.4, -0.2) is 55.0 Å². The van der Waals surface area contributed by atoms with Crippen molar-refractivity contribution >= 4 is 5.91 Å². The summed E-state index contributed by atoms with van der Waals surface area (Å²) in [6, 6.07) is 14.8. The number of hydrogen-bond acceptors (Lipinski definition) is 3. The smallest absolute Gasteiger partial charge is 0.226 e. The van der Waals surface area contributed by atoms with E-state index >= 15 is 0 Å². The second kappa shape index (κ2) is 12.0. The van der Waals surface area contributed by atoms with Crippen molar-refractivity contribution in [2.75, 3.05) is 39.3 Å². The Kier molecular flexibility index (Phi) is 8.83. The van der Waals surface area contributed by atoms with Crippen LogP contribution in [0.15, 0.2) is 48.5 Å².